The number of aliphatic carboxylic acids is 1. The van der Waals surface area contributed by atoms with Crippen LogP contribution in [0.3, 0.4) is 0 Å². The maximum atomic E-state index is 13.0. The van der Waals surface area contributed by atoms with Crippen LogP contribution in [0.2, 0.25) is 0 Å². The highest BCUT2D eigenvalue weighted by molar-refractivity contribution is 5.77. The first-order chi connectivity index (χ1) is 11.7. The number of carboxylic acids is 1. The van der Waals surface area contributed by atoms with Gasteiger partial charge in [0, 0.05) is 32.2 Å². The minimum absolute atomic E-state index is 0.347. The van der Waals surface area contributed by atoms with E-state index in [0.29, 0.717) is 19.1 Å². The summed E-state index contributed by atoms with van der Waals surface area (Å²) in [6.45, 7) is 3.08. The van der Waals surface area contributed by atoms with Crippen molar-refractivity contribution in [3.8, 4) is 0 Å². The molecule has 0 aromatic heterocycles. The van der Waals surface area contributed by atoms with Crippen LogP contribution >= 0.6 is 0 Å². The standard InChI is InChI=1S/C16H26F3N3O3/c1-2-11-5-3-4-7-21(11)8-6-20-15(25)22-9-12(14(23)24)13(10-22)16(17,18)19/h11-13H,2-10H2,1H3,(H,20,25)(H,23,24)/t11?,12-,13-/m1/s1. The van der Waals surface area contributed by atoms with E-state index in [2.05, 4.69) is 17.1 Å². The lowest BCUT2D eigenvalue weighted by Crippen LogP contribution is -2.46. The van der Waals surface area contributed by atoms with Gasteiger partial charge in [0.25, 0.3) is 0 Å². The number of nitrogens with zero attached hydrogens (tertiary/aromatic N) is 2. The highest BCUT2D eigenvalue weighted by Gasteiger charge is 2.53. The number of nitrogens with one attached hydrogen (secondary N) is 1. The zero-order valence-corrected chi connectivity index (χ0v) is 14.4. The summed E-state index contributed by atoms with van der Waals surface area (Å²) < 4.78 is 38.9. The molecule has 2 rings (SSSR count). The third kappa shape index (κ3) is 4.99. The molecule has 0 aromatic rings. The molecule has 6 nitrogen and oxygen atoms in total. The summed E-state index contributed by atoms with van der Waals surface area (Å²) in [5.41, 5.74) is 0. The minimum atomic E-state index is -4.62. The van der Waals surface area contributed by atoms with Crippen LogP contribution in [0.25, 0.3) is 0 Å². The smallest absolute Gasteiger partial charge is 0.394 e. The van der Waals surface area contributed by atoms with Crippen LogP contribution in [0.15, 0.2) is 0 Å². The van der Waals surface area contributed by atoms with Crippen molar-refractivity contribution in [2.24, 2.45) is 11.8 Å². The number of carboxylic acid groups (broad SMARTS) is 1. The van der Waals surface area contributed by atoms with E-state index in [1.165, 1.54) is 6.42 Å². The van der Waals surface area contributed by atoms with E-state index in [1.807, 2.05) is 0 Å². The van der Waals surface area contributed by atoms with Gasteiger partial charge in [-0.05, 0) is 25.8 Å². The molecule has 2 aliphatic rings. The topological polar surface area (TPSA) is 72.9 Å². The molecular weight excluding hydrogens is 339 g/mol. The van der Waals surface area contributed by atoms with Crippen molar-refractivity contribution < 1.29 is 27.9 Å². The quantitative estimate of drug-likeness (QED) is 0.783. The fourth-order valence-electron chi connectivity index (χ4n) is 3.79. The van der Waals surface area contributed by atoms with Crippen molar-refractivity contribution in [2.45, 2.75) is 44.8 Å². The van der Waals surface area contributed by atoms with E-state index in [9.17, 15) is 22.8 Å². The van der Waals surface area contributed by atoms with Crippen LogP contribution in [-0.4, -0.2) is 71.8 Å². The summed E-state index contributed by atoms with van der Waals surface area (Å²) in [5.74, 6) is -5.13. The zero-order chi connectivity index (χ0) is 18.6. The Hall–Kier alpha value is -1.51. The van der Waals surface area contributed by atoms with Gasteiger partial charge in [-0.1, -0.05) is 13.3 Å². The Labute approximate surface area is 145 Å². The Morgan fingerprint density at radius 3 is 2.52 bits per heavy atom. The Kier molecular flexibility index (Phi) is 6.53. The maximum absolute atomic E-state index is 13.0. The van der Waals surface area contributed by atoms with Gasteiger partial charge in [0.15, 0.2) is 0 Å². The molecule has 3 atom stereocenters. The first kappa shape index (κ1) is 19.8. The molecular formula is C16H26F3N3O3. The molecule has 2 heterocycles. The Morgan fingerprint density at radius 2 is 1.96 bits per heavy atom. The van der Waals surface area contributed by atoms with Gasteiger partial charge in [-0.2, -0.15) is 13.2 Å². The Bertz CT molecular complexity index is 487. The largest absolute Gasteiger partial charge is 0.481 e. The molecule has 2 amide bonds. The van der Waals surface area contributed by atoms with Gasteiger partial charge in [0.1, 0.15) is 0 Å². The van der Waals surface area contributed by atoms with Gasteiger partial charge >= 0.3 is 18.2 Å². The number of amides is 2. The van der Waals surface area contributed by atoms with Crippen molar-refractivity contribution in [3.63, 3.8) is 0 Å². The number of hydrogen-bond donors (Lipinski definition) is 2. The van der Waals surface area contributed by atoms with Crippen molar-refractivity contribution in [2.75, 3.05) is 32.7 Å². The molecule has 25 heavy (non-hydrogen) atoms. The summed E-state index contributed by atoms with van der Waals surface area (Å²) in [7, 11) is 0. The summed E-state index contributed by atoms with van der Waals surface area (Å²) in [4.78, 5) is 26.4. The average molecular weight is 365 g/mol. The lowest BCUT2D eigenvalue weighted by molar-refractivity contribution is -0.187. The SMILES string of the molecule is CCC1CCCCN1CCNC(=O)N1C[C@@H](C(F)(F)F)[C@H](C(=O)O)C1. The second-order valence-electron chi connectivity index (χ2n) is 6.82. The van der Waals surface area contributed by atoms with Crippen molar-refractivity contribution in [3.05, 3.63) is 0 Å². The highest BCUT2D eigenvalue weighted by atomic mass is 19.4. The van der Waals surface area contributed by atoms with Crippen LogP contribution in [0.5, 0.6) is 0 Å². The summed E-state index contributed by atoms with van der Waals surface area (Å²) in [5, 5.41) is 11.6. The summed E-state index contributed by atoms with van der Waals surface area (Å²) in [6.07, 6.45) is -0.146. The number of rotatable bonds is 5. The highest BCUT2D eigenvalue weighted by Crippen LogP contribution is 2.37. The Morgan fingerprint density at radius 1 is 1.24 bits per heavy atom. The molecule has 9 heteroatoms. The molecule has 2 fully saturated rings. The predicted molar refractivity (Wildman–Crippen MR) is 85.1 cm³/mol. The molecule has 2 aliphatic heterocycles. The molecule has 0 spiro atoms. The Balaban J connectivity index is 1.83. The molecule has 0 aliphatic carbocycles. The number of carbonyl (C=O) groups excluding carboxylic acids is 1. The monoisotopic (exact) mass is 365 g/mol. The number of hydrogen-bond acceptors (Lipinski definition) is 3. The average Bonchev–Trinajstić information content (AvgIpc) is 3.01. The number of piperidine rings is 1. The minimum Gasteiger partial charge on any atom is -0.481 e. The predicted octanol–water partition coefficient (Wildman–Crippen LogP) is 2.16. The van der Waals surface area contributed by atoms with E-state index in [4.69, 9.17) is 5.11 Å². The molecule has 0 bridgehead atoms. The summed E-state index contributed by atoms with van der Waals surface area (Å²) >= 11 is 0. The fraction of sp³-hybridized carbons (Fsp3) is 0.875. The number of urea groups is 1. The van der Waals surface area contributed by atoms with Gasteiger partial charge in [0.05, 0.1) is 11.8 Å². The van der Waals surface area contributed by atoms with Crippen LogP contribution in [0.1, 0.15) is 32.6 Å². The summed E-state index contributed by atoms with van der Waals surface area (Å²) in [6, 6.07) is -0.133. The van der Waals surface area contributed by atoms with E-state index >= 15 is 0 Å². The number of alkyl halides is 3. The molecule has 0 radical (unpaired) electrons. The normalized spacial score (nSPS) is 28.2. The molecule has 144 valence electrons. The van der Waals surface area contributed by atoms with Gasteiger partial charge in [-0.15, -0.1) is 0 Å². The van der Waals surface area contributed by atoms with Gasteiger partial charge in [0.2, 0.25) is 0 Å². The number of carbonyl (C=O) groups is 2. The van der Waals surface area contributed by atoms with Crippen molar-refractivity contribution in [1.82, 2.24) is 15.1 Å². The first-order valence-electron chi connectivity index (χ1n) is 8.80. The molecule has 2 N–H and O–H groups in total. The molecule has 0 aromatic carbocycles. The molecule has 1 unspecified atom stereocenters. The van der Waals surface area contributed by atoms with Crippen LogP contribution < -0.4 is 5.32 Å². The third-order valence-corrected chi connectivity index (χ3v) is 5.24. The lowest BCUT2D eigenvalue weighted by Gasteiger charge is -2.35. The number of halogens is 3. The second kappa shape index (κ2) is 8.25. The van der Waals surface area contributed by atoms with Gasteiger partial charge in [-0.25, -0.2) is 4.79 Å². The van der Waals surface area contributed by atoms with E-state index in [1.54, 1.807) is 0 Å². The maximum Gasteiger partial charge on any atom is 0.394 e. The van der Waals surface area contributed by atoms with E-state index in [-0.39, 0.29) is 0 Å². The second-order valence-corrected chi connectivity index (χ2v) is 6.82. The van der Waals surface area contributed by atoms with Gasteiger partial charge in [-0.3, -0.25) is 9.69 Å². The zero-order valence-electron chi connectivity index (χ0n) is 14.4. The third-order valence-electron chi connectivity index (χ3n) is 5.24. The lowest BCUT2D eigenvalue weighted by atomic mass is 9.96. The fourth-order valence-corrected chi connectivity index (χ4v) is 3.79. The molecule has 0 saturated carbocycles. The number of likely N-dealkylation sites (tertiary alicyclic amines) is 2. The van der Waals surface area contributed by atoms with Crippen molar-refractivity contribution in [1.29, 1.82) is 0 Å². The van der Waals surface area contributed by atoms with E-state index in [0.717, 1.165) is 30.7 Å². The van der Waals surface area contributed by atoms with Gasteiger partial charge < -0.3 is 15.3 Å². The molecule has 2 saturated heterocycles. The van der Waals surface area contributed by atoms with E-state index < -0.39 is 43.1 Å². The first-order valence-corrected chi connectivity index (χ1v) is 8.80. The van der Waals surface area contributed by atoms with Crippen LogP contribution in [0, 0.1) is 11.8 Å². The van der Waals surface area contributed by atoms with Crippen LogP contribution in [0.4, 0.5) is 18.0 Å². The van der Waals surface area contributed by atoms with Crippen LogP contribution in [-0.2, 0) is 4.79 Å². The van der Waals surface area contributed by atoms with Crippen molar-refractivity contribution >= 4 is 12.0 Å².